The Morgan fingerprint density at radius 2 is 2.24 bits per heavy atom. The lowest BCUT2D eigenvalue weighted by Crippen LogP contribution is -2.47. The Kier molecular flexibility index (Phi) is 3.47. The molecule has 1 spiro atoms. The van der Waals surface area contributed by atoms with Crippen molar-refractivity contribution in [3.05, 3.63) is 35.4 Å². The fraction of sp³-hybridized carbons (Fsp3) is 0.438. The Hall–Kier alpha value is -1.85. The van der Waals surface area contributed by atoms with E-state index in [0.717, 1.165) is 30.6 Å². The quantitative estimate of drug-likeness (QED) is 0.812. The molecule has 5 nitrogen and oxygen atoms in total. The zero-order chi connectivity index (χ0) is 15.0. The number of nitrogens with zero attached hydrogens (tertiary/aromatic N) is 1. The lowest BCUT2D eigenvalue weighted by atomic mass is 9.81. The smallest absolute Gasteiger partial charge is 0.169 e. The van der Waals surface area contributed by atoms with Crippen molar-refractivity contribution in [2.75, 3.05) is 27.2 Å². The van der Waals surface area contributed by atoms with E-state index in [-0.39, 0.29) is 18.1 Å². The molecule has 0 radical (unpaired) electrons. The maximum Gasteiger partial charge on any atom is 0.169 e. The SMILES string of the molecule is COc1ccc2c(c1O)C1(C=CC(=O)CN1)CCN(C)C2. The van der Waals surface area contributed by atoms with Gasteiger partial charge in [-0.2, -0.15) is 0 Å². The number of phenolic OH excluding ortho intramolecular Hbond substituents is 1. The highest BCUT2D eigenvalue weighted by Crippen LogP contribution is 2.44. The van der Waals surface area contributed by atoms with E-state index in [4.69, 9.17) is 4.74 Å². The summed E-state index contributed by atoms with van der Waals surface area (Å²) in [4.78, 5) is 13.7. The van der Waals surface area contributed by atoms with Gasteiger partial charge < -0.3 is 14.7 Å². The number of nitrogens with one attached hydrogen (secondary N) is 1. The minimum Gasteiger partial charge on any atom is -0.504 e. The van der Waals surface area contributed by atoms with E-state index in [1.807, 2.05) is 12.1 Å². The van der Waals surface area contributed by atoms with Crippen LogP contribution in [0.25, 0.3) is 0 Å². The molecule has 0 saturated carbocycles. The van der Waals surface area contributed by atoms with Gasteiger partial charge in [0.05, 0.1) is 19.2 Å². The lowest BCUT2D eigenvalue weighted by molar-refractivity contribution is -0.114. The van der Waals surface area contributed by atoms with Gasteiger partial charge >= 0.3 is 0 Å². The second-order valence-electron chi connectivity index (χ2n) is 5.76. The first kappa shape index (κ1) is 14.1. The predicted molar refractivity (Wildman–Crippen MR) is 79.4 cm³/mol. The van der Waals surface area contributed by atoms with Crippen LogP contribution in [0.2, 0.25) is 0 Å². The van der Waals surface area contributed by atoms with Gasteiger partial charge in [0.1, 0.15) is 0 Å². The van der Waals surface area contributed by atoms with Crippen LogP contribution in [0.15, 0.2) is 24.3 Å². The number of carbonyl (C=O) groups is 1. The molecule has 112 valence electrons. The van der Waals surface area contributed by atoms with Crippen LogP contribution >= 0.6 is 0 Å². The number of rotatable bonds is 1. The van der Waals surface area contributed by atoms with Crippen molar-refractivity contribution in [3.8, 4) is 11.5 Å². The molecule has 5 heteroatoms. The zero-order valence-electron chi connectivity index (χ0n) is 12.3. The van der Waals surface area contributed by atoms with Crippen molar-refractivity contribution >= 4 is 5.78 Å². The Balaban J connectivity index is 2.20. The molecule has 0 bridgehead atoms. The van der Waals surface area contributed by atoms with Crippen LogP contribution in [-0.2, 0) is 16.9 Å². The number of hydrogen-bond acceptors (Lipinski definition) is 5. The number of methoxy groups -OCH3 is 1. The summed E-state index contributed by atoms with van der Waals surface area (Å²) in [5.41, 5.74) is 1.38. The van der Waals surface area contributed by atoms with E-state index in [0.29, 0.717) is 5.75 Å². The van der Waals surface area contributed by atoms with E-state index in [2.05, 4.69) is 17.3 Å². The van der Waals surface area contributed by atoms with E-state index in [9.17, 15) is 9.90 Å². The summed E-state index contributed by atoms with van der Waals surface area (Å²) in [6.45, 7) is 1.93. The molecule has 21 heavy (non-hydrogen) atoms. The summed E-state index contributed by atoms with van der Waals surface area (Å²) < 4.78 is 5.25. The molecule has 0 aromatic heterocycles. The van der Waals surface area contributed by atoms with Crippen LogP contribution in [0.4, 0.5) is 0 Å². The van der Waals surface area contributed by atoms with Crippen molar-refractivity contribution in [2.24, 2.45) is 0 Å². The standard InChI is InChI=1S/C16H20N2O3/c1-18-8-7-16(6-5-12(19)9-17-16)14-11(10-18)3-4-13(21-2)15(14)20/h3-6,17,20H,7-10H2,1-2H3. The van der Waals surface area contributed by atoms with Gasteiger partial charge in [-0.15, -0.1) is 0 Å². The predicted octanol–water partition coefficient (Wildman–Crippen LogP) is 1.16. The number of ketones is 1. The summed E-state index contributed by atoms with van der Waals surface area (Å²) in [5.74, 6) is 0.684. The van der Waals surface area contributed by atoms with Gasteiger partial charge in [-0.3, -0.25) is 10.1 Å². The molecule has 1 aromatic rings. The number of fused-ring (bicyclic) bond motifs is 2. The topological polar surface area (TPSA) is 61.8 Å². The number of carbonyl (C=O) groups excluding carboxylic acids is 1. The van der Waals surface area contributed by atoms with E-state index < -0.39 is 5.54 Å². The van der Waals surface area contributed by atoms with Crippen LogP contribution in [0, 0.1) is 0 Å². The lowest BCUT2D eigenvalue weighted by Gasteiger charge is -2.35. The number of benzene rings is 1. The van der Waals surface area contributed by atoms with Crippen LogP contribution in [-0.4, -0.2) is 43.0 Å². The first-order valence-electron chi connectivity index (χ1n) is 7.11. The van der Waals surface area contributed by atoms with Gasteiger partial charge in [0.25, 0.3) is 0 Å². The normalized spacial score (nSPS) is 25.7. The molecule has 0 amide bonds. The third-order valence-electron chi connectivity index (χ3n) is 4.35. The van der Waals surface area contributed by atoms with Crippen molar-refractivity contribution in [1.82, 2.24) is 10.2 Å². The van der Waals surface area contributed by atoms with Crippen LogP contribution in [0.5, 0.6) is 11.5 Å². The second-order valence-corrected chi connectivity index (χ2v) is 5.76. The molecule has 2 heterocycles. The Labute approximate surface area is 124 Å². The molecule has 1 unspecified atom stereocenters. The number of ether oxygens (including phenoxy) is 1. The zero-order valence-corrected chi connectivity index (χ0v) is 12.3. The molecule has 1 aromatic carbocycles. The van der Waals surface area contributed by atoms with Crippen molar-refractivity contribution in [3.63, 3.8) is 0 Å². The molecule has 0 saturated heterocycles. The van der Waals surface area contributed by atoms with Gasteiger partial charge in [-0.25, -0.2) is 0 Å². The molecule has 0 aliphatic carbocycles. The highest BCUT2D eigenvalue weighted by Gasteiger charge is 2.39. The van der Waals surface area contributed by atoms with E-state index in [1.54, 1.807) is 19.3 Å². The first-order valence-corrected chi connectivity index (χ1v) is 7.11. The summed E-state index contributed by atoms with van der Waals surface area (Å²) in [7, 11) is 3.60. The summed E-state index contributed by atoms with van der Waals surface area (Å²) >= 11 is 0. The summed E-state index contributed by atoms with van der Waals surface area (Å²) in [6.07, 6.45) is 4.29. The maximum absolute atomic E-state index is 11.5. The number of phenols is 1. The van der Waals surface area contributed by atoms with E-state index >= 15 is 0 Å². The van der Waals surface area contributed by atoms with Crippen molar-refractivity contribution in [2.45, 2.75) is 18.5 Å². The van der Waals surface area contributed by atoms with Gasteiger partial charge in [0.2, 0.25) is 0 Å². The van der Waals surface area contributed by atoms with Crippen LogP contribution in [0.1, 0.15) is 17.5 Å². The molecular weight excluding hydrogens is 268 g/mol. The molecule has 2 aliphatic rings. The third kappa shape index (κ3) is 2.32. The third-order valence-corrected chi connectivity index (χ3v) is 4.35. The fourth-order valence-electron chi connectivity index (χ4n) is 3.21. The molecule has 0 fully saturated rings. The monoisotopic (exact) mass is 288 g/mol. The van der Waals surface area contributed by atoms with Gasteiger partial charge in [-0.05, 0) is 31.2 Å². The summed E-state index contributed by atoms with van der Waals surface area (Å²) in [5, 5.41) is 13.9. The molecule has 1 atom stereocenters. The van der Waals surface area contributed by atoms with Gasteiger partial charge in [-0.1, -0.05) is 12.1 Å². The minimum absolute atomic E-state index is 0.0576. The Morgan fingerprint density at radius 3 is 2.90 bits per heavy atom. The molecule has 2 aliphatic heterocycles. The van der Waals surface area contributed by atoms with Crippen molar-refractivity contribution < 1.29 is 14.6 Å². The minimum atomic E-state index is -0.507. The highest BCUT2D eigenvalue weighted by atomic mass is 16.5. The van der Waals surface area contributed by atoms with Crippen LogP contribution in [0.3, 0.4) is 0 Å². The molecular formula is C16H20N2O3. The molecule has 3 rings (SSSR count). The second kappa shape index (κ2) is 5.16. The number of hydrogen-bond donors (Lipinski definition) is 2. The van der Waals surface area contributed by atoms with E-state index in [1.165, 1.54) is 0 Å². The maximum atomic E-state index is 11.5. The Morgan fingerprint density at radius 1 is 1.43 bits per heavy atom. The molecule has 2 N–H and O–H groups in total. The average molecular weight is 288 g/mol. The van der Waals surface area contributed by atoms with Gasteiger partial charge in [0.15, 0.2) is 17.3 Å². The van der Waals surface area contributed by atoms with Crippen molar-refractivity contribution in [1.29, 1.82) is 0 Å². The highest BCUT2D eigenvalue weighted by molar-refractivity contribution is 5.92. The van der Waals surface area contributed by atoms with Crippen LogP contribution < -0.4 is 10.1 Å². The average Bonchev–Trinajstić information content (AvgIpc) is 2.61. The summed E-state index contributed by atoms with van der Waals surface area (Å²) in [6, 6.07) is 3.78. The fourth-order valence-corrected chi connectivity index (χ4v) is 3.21. The first-order chi connectivity index (χ1) is 10.1. The van der Waals surface area contributed by atoms with Gasteiger partial charge in [0, 0.05) is 18.7 Å². The number of aromatic hydroxyl groups is 1. The Bertz CT molecular complexity index is 612. The largest absolute Gasteiger partial charge is 0.504 e.